The van der Waals surface area contributed by atoms with Gasteiger partial charge in [-0.15, -0.1) is 0 Å². The maximum absolute atomic E-state index is 13.1. The summed E-state index contributed by atoms with van der Waals surface area (Å²) < 4.78 is 54.1. The van der Waals surface area contributed by atoms with Gasteiger partial charge in [0, 0.05) is 0 Å². The van der Waals surface area contributed by atoms with Gasteiger partial charge >= 0.3 is 6.18 Å². The highest BCUT2D eigenvalue weighted by molar-refractivity contribution is 6.32. The van der Waals surface area contributed by atoms with Gasteiger partial charge in [-0.3, -0.25) is 4.79 Å². The summed E-state index contributed by atoms with van der Waals surface area (Å²) in [6.07, 6.45) is -5.18. The molecule has 0 radical (unpaired) electrons. The van der Waals surface area contributed by atoms with E-state index in [1.807, 2.05) is 0 Å². The zero-order chi connectivity index (χ0) is 12.5. The molecule has 2 nitrogen and oxygen atoms in total. The number of rotatable bonds is 2. The van der Waals surface area contributed by atoms with Gasteiger partial charge in [-0.05, 0) is 12.1 Å². The fraction of sp³-hybridized carbons (Fsp3) is 0.222. The Labute approximate surface area is 92.8 Å². The zero-order valence-electron chi connectivity index (χ0n) is 7.86. The first-order valence-electron chi connectivity index (χ1n) is 3.92. The highest BCUT2D eigenvalue weighted by atomic mass is 35.5. The molecule has 1 aromatic rings. The maximum atomic E-state index is 13.1. The number of alkyl halides is 3. The van der Waals surface area contributed by atoms with Crippen molar-refractivity contribution >= 4 is 17.4 Å². The largest absolute Gasteiger partial charge is 0.494 e. The van der Waals surface area contributed by atoms with Gasteiger partial charge in [0.05, 0.1) is 12.1 Å². The van der Waals surface area contributed by atoms with E-state index < -0.39 is 29.1 Å². The molecule has 0 unspecified atom stereocenters. The molecular weight excluding hydrogens is 252 g/mol. The molecule has 0 aliphatic carbocycles. The van der Waals surface area contributed by atoms with Crippen molar-refractivity contribution in [3.63, 3.8) is 0 Å². The van der Waals surface area contributed by atoms with Gasteiger partial charge in [-0.2, -0.15) is 13.2 Å². The van der Waals surface area contributed by atoms with Crippen LogP contribution in [0.4, 0.5) is 17.6 Å². The van der Waals surface area contributed by atoms with Crippen LogP contribution < -0.4 is 4.74 Å². The van der Waals surface area contributed by atoms with Crippen LogP contribution in [0.15, 0.2) is 12.1 Å². The van der Waals surface area contributed by atoms with Gasteiger partial charge in [0.15, 0.2) is 5.75 Å². The molecule has 0 fully saturated rings. The van der Waals surface area contributed by atoms with Gasteiger partial charge in [0.2, 0.25) is 0 Å². The summed E-state index contributed by atoms with van der Waals surface area (Å²) in [7, 11) is 0.994. The molecule has 0 spiro atoms. The first-order valence-corrected chi connectivity index (χ1v) is 4.30. The molecule has 0 bridgehead atoms. The number of hydrogen-bond donors (Lipinski definition) is 0. The first kappa shape index (κ1) is 12.8. The molecule has 0 saturated heterocycles. The smallest absolute Gasteiger partial charge is 0.455 e. The highest BCUT2D eigenvalue weighted by Gasteiger charge is 2.42. The van der Waals surface area contributed by atoms with Gasteiger partial charge in [0.25, 0.3) is 5.78 Å². The van der Waals surface area contributed by atoms with Crippen LogP contribution in [0.3, 0.4) is 0 Å². The number of hydrogen-bond acceptors (Lipinski definition) is 2. The molecule has 0 N–H and O–H groups in total. The Bertz CT molecular complexity index is 428. The van der Waals surface area contributed by atoms with E-state index in [9.17, 15) is 22.4 Å². The van der Waals surface area contributed by atoms with E-state index in [-0.39, 0.29) is 5.02 Å². The van der Waals surface area contributed by atoms with Crippen molar-refractivity contribution in [2.45, 2.75) is 6.18 Å². The quantitative estimate of drug-likeness (QED) is 0.600. The number of ketones is 1. The van der Waals surface area contributed by atoms with Gasteiger partial charge in [-0.25, -0.2) is 4.39 Å². The van der Waals surface area contributed by atoms with E-state index in [0.717, 1.165) is 13.2 Å². The molecule has 7 heteroatoms. The van der Waals surface area contributed by atoms with Crippen LogP contribution in [0, 0.1) is 5.82 Å². The van der Waals surface area contributed by atoms with Crippen molar-refractivity contribution in [1.29, 1.82) is 0 Å². The van der Waals surface area contributed by atoms with Gasteiger partial charge in [-0.1, -0.05) is 11.6 Å². The monoisotopic (exact) mass is 256 g/mol. The standard InChI is InChI=1S/C9H5ClF4O2/c1-16-7-4(10)2-3-5(11)6(7)8(15)9(12,13)14/h2-3H,1H3. The summed E-state index contributed by atoms with van der Waals surface area (Å²) >= 11 is 5.48. The number of benzene rings is 1. The summed E-state index contributed by atoms with van der Waals surface area (Å²) in [6.45, 7) is 0. The lowest BCUT2D eigenvalue weighted by Gasteiger charge is -2.11. The third-order valence-electron chi connectivity index (χ3n) is 1.75. The minimum atomic E-state index is -5.18. The molecule has 0 saturated carbocycles. The second kappa shape index (κ2) is 4.29. The Hall–Kier alpha value is -1.30. The summed E-state index contributed by atoms with van der Waals surface area (Å²) in [5, 5.41) is -0.267. The fourth-order valence-corrected chi connectivity index (χ4v) is 1.32. The molecule has 1 aromatic carbocycles. The predicted octanol–water partition coefficient (Wildman–Crippen LogP) is 3.23. The Morgan fingerprint density at radius 3 is 2.38 bits per heavy atom. The molecule has 0 heterocycles. The van der Waals surface area contributed by atoms with Crippen LogP contribution in [-0.4, -0.2) is 19.1 Å². The average molecular weight is 257 g/mol. The normalized spacial score (nSPS) is 11.4. The van der Waals surface area contributed by atoms with Crippen LogP contribution >= 0.6 is 11.6 Å². The molecule has 0 aromatic heterocycles. The van der Waals surface area contributed by atoms with Gasteiger partial charge < -0.3 is 4.74 Å². The number of carbonyl (C=O) groups is 1. The van der Waals surface area contributed by atoms with Crippen molar-refractivity contribution in [2.75, 3.05) is 7.11 Å². The van der Waals surface area contributed by atoms with E-state index in [1.54, 1.807) is 0 Å². The number of methoxy groups -OCH3 is 1. The van der Waals surface area contributed by atoms with E-state index >= 15 is 0 Å². The molecule has 16 heavy (non-hydrogen) atoms. The number of ether oxygens (including phenoxy) is 1. The molecule has 0 aliphatic heterocycles. The Morgan fingerprint density at radius 1 is 1.38 bits per heavy atom. The van der Waals surface area contributed by atoms with Crippen molar-refractivity contribution in [3.05, 3.63) is 28.5 Å². The molecule has 0 atom stereocenters. The second-order valence-corrected chi connectivity index (χ2v) is 3.17. The molecule has 0 amide bonds. The minimum absolute atomic E-state index is 0.267. The summed E-state index contributed by atoms with van der Waals surface area (Å²) in [6, 6.07) is 1.67. The van der Waals surface area contributed by atoms with E-state index in [1.165, 1.54) is 0 Å². The highest BCUT2D eigenvalue weighted by Crippen LogP contribution is 2.34. The Morgan fingerprint density at radius 2 is 1.94 bits per heavy atom. The third-order valence-corrected chi connectivity index (χ3v) is 2.05. The molecule has 1 rings (SSSR count). The molecular formula is C9H5ClF4O2. The second-order valence-electron chi connectivity index (χ2n) is 2.76. The first-order chi connectivity index (χ1) is 7.29. The molecule has 0 aliphatic rings. The fourth-order valence-electron chi connectivity index (χ4n) is 1.09. The van der Waals surface area contributed by atoms with Gasteiger partial charge in [0.1, 0.15) is 11.4 Å². The van der Waals surface area contributed by atoms with E-state index in [2.05, 4.69) is 4.74 Å². The SMILES string of the molecule is COc1c(Cl)ccc(F)c1C(=O)C(F)(F)F. The van der Waals surface area contributed by atoms with Crippen LogP contribution in [0.25, 0.3) is 0 Å². The predicted molar refractivity (Wildman–Crippen MR) is 48.3 cm³/mol. The van der Waals surface area contributed by atoms with Crippen LogP contribution in [0.2, 0.25) is 5.02 Å². The lowest BCUT2D eigenvalue weighted by molar-refractivity contribution is -0.0889. The van der Waals surface area contributed by atoms with Crippen molar-refractivity contribution < 1.29 is 27.1 Å². The number of halogens is 5. The van der Waals surface area contributed by atoms with E-state index in [0.29, 0.717) is 6.07 Å². The minimum Gasteiger partial charge on any atom is -0.494 e. The Kier molecular flexibility index (Phi) is 3.42. The van der Waals surface area contributed by atoms with E-state index in [4.69, 9.17) is 11.6 Å². The lowest BCUT2D eigenvalue weighted by atomic mass is 10.1. The average Bonchev–Trinajstić information content (AvgIpc) is 2.18. The summed E-state index contributed by atoms with van der Waals surface area (Å²) in [4.78, 5) is 10.9. The number of carbonyl (C=O) groups excluding carboxylic acids is 1. The van der Waals surface area contributed by atoms with Crippen LogP contribution in [-0.2, 0) is 0 Å². The zero-order valence-corrected chi connectivity index (χ0v) is 8.62. The van der Waals surface area contributed by atoms with Crippen molar-refractivity contribution in [3.8, 4) is 5.75 Å². The third kappa shape index (κ3) is 2.27. The summed E-state index contributed by atoms with van der Waals surface area (Å²) in [5.74, 6) is -4.28. The van der Waals surface area contributed by atoms with Crippen molar-refractivity contribution in [2.24, 2.45) is 0 Å². The maximum Gasteiger partial charge on any atom is 0.455 e. The van der Waals surface area contributed by atoms with Crippen molar-refractivity contribution in [1.82, 2.24) is 0 Å². The van der Waals surface area contributed by atoms with Crippen LogP contribution in [0.5, 0.6) is 5.75 Å². The summed E-state index contributed by atoms with van der Waals surface area (Å²) in [5.41, 5.74) is -1.21. The topological polar surface area (TPSA) is 26.3 Å². The lowest BCUT2D eigenvalue weighted by Crippen LogP contribution is -2.24. The molecule has 88 valence electrons. The van der Waals surface area contributed by atoms with Crippen LogP contribution in [0.1, 0.15) is 10.4 Å². The number of Topliss-reactive ketones (excluding diaryl/α,β-unsaturated/α-hetero) is 1. The Balaban J connectivity index is 3.43.